The maximum Gasteiger partial charge on any atom is 0.257 e. The Hall–Kier alpha value is -4.44. The topological polar surface area (TPSA) is 105 Å². The highest BCUT2D eigenvalue weighted by atomic mass is 16.5. The molecule has 5 fully saturated rings. The van der Waals surface area contributed by atoms with Gasteiger partial charge >= 0.3 is 0 Å². The molecule has 316 valence electrons. The quantitative estimate of drug-likeness (QED) is 0.0853. The van der Waals surface area contributed by atoms with Crippen molar-refractivity contribution < 1.29 is 9.53 Å². The number of hydrogen-bond donors (Lipinski definition) is 2. The average molecular weight is 802 g/mol. The molecule has 10 heteroatoms. The highest BCUT2D eigenvalue weighted by Gasteiger charge is 2.51. The van der Waals surface area contributed by atoms with Crippen molar-refractivity contribution in [3.8, 4) is 11.4 Å². The van der Waals surface area contributed by atoms with Crippen LogP contribution in [0.3, 0.4) is 0 Å². The van der Waals surface area contributed by atoms with Gasteiger partial charge in [0.05, 0.1) is 18.5 Å². The molecule has 1 amide bonds. The van der Waals surface area contributed by atoms with Crippen LogP contribution in [0, 0.1) is 30.1 Å². The van der Waals surface area contributed by atoms with Crippen LogP contribution in [-0.2, 0) is 4.79 Å². The van der Waals surface area contributed by atoms with Crippen LogP contribution in [0.25, 0.3) is 16.7 Å². The number of benzene rings is 2. The summed E-state index contributed by atoms with van der Waals surface area (Å²) < 4.78 is 7.46. The fraction of sp³-hybridized carbons (Fsp3) is 0.592. The van der Waals surface area contributed by atoms with Crippen molar-refractivity contribution in [3.63, 3.8) is 0 Å². The molecule has 2 aromatic carbocycles. The highest BCUT2D eigenvalue weighted by molar-refractivity contribution is 5.81. The molecule has 1 saturated heterocycles. The number of ether oxygens (including phenoxy) is 1. The molecule has 4 aromatic rings. The van der Waals surface area contributed by atoms with Crippen molar-refractivity contribution in [2.24, 2.45) is 23.2 Å². The third kappa shape index (κ3) is 10.3. The molecule has 2 N–H and O–H groups in total. The van der Waals surface area contributed by atoms with Crippen LogP contribution >= 0.6 is 0 Å². The van der Waals surface area contributed by atoms with Gasteiger partial charge in [-0.1, -0.05) is 69.6 Å². The minimum atomic E-state index is -0.128. The standard InChI is InChI=1S/C49H67N7O3/c1-36-26-46(58)56(40-16-12-11-13-17-40)47-42(36)35-51-48(53-47)52-43-19-18-41(30-44(43)59-2)55-24-22-54(23-25-55)21-15-10-8-6-4-3-5-7-9-14-20-50-45(57)34-49-31-37-27-38(32-49)29-39(28-37)33-49/h11-13,16-19,26,30,35,37-39H,3-10,14-15,20-25,27-29,31-34H2,1-2H3,(H,50,57)(H,51,52,53). The van der Waals surface area contributed by atoms with Crippen molar-refractivity contribution in [2.45, 2.75) is 116 Å². The summed E-state index contributed by atoms with van der Waals surface area (Å²) in [6.45, 7) is 8.09. The smallest absolute Gasteiger partial charge is 0.257 e. The van der Waals surface area contributed by atoms with Crippen LogP contribution in [-0.4, -0.2) is 71.7 Å². The van der Waals surface area contributed by atoms with Gasteiger partial charge in [-0.15, -0.1) is 0 Å². The SMILES string of the molecule is COc1cc(N2CCN(CCCCCCCCCCCCNC(=O)CC34CC5CC(CC(C5)C3)C4)CC2)ccc1Nc1ncc2c(C)cc(=O)n(-c3ccccc3)c2n1. The molecule has 0 atom stereocenters. The second-order valence-electron chi connectivity index (χ2n) is 18.6. The molecule has 9 rings (SSSR count). The molecule has 4 saturated carbocycles. The van der Waals surface area contributed by atoms with Crippen molar-refractivity contribution >= 4 is 34.3 Å². The molecule has 4 aliphatic carbocycles. The summed E-state index contributed by atoms with van der Waals surface area (Å²) >= 11 is 0. The fourth-order valence-corrected chi connectivity index (χ4v) is 11.5. The number of fused-ring (bicyclic) bond motifs is 1. The number of rotatable bonds is 20. The summed E-state index contributed by atoms with van der Waals surface area (Å²) in [6, 6.07) is 17.5. The van der Waals surface area contributed by atoms with Crippen LogP contribution in [0.5, 0.6) is 5.75 Å². The average Bonchev–Trinajstić information content (AvgIpc) is 3.22. The lowest BCUT2D eigenvalue weighted by Gasteiger charge is -2.56. The highest BCUT2D eigenvalue weighted by Crippen LogP contribution is 2.61. The van der Waals surface area contributed by atoms with Crippen LogP contribution < -0.4 is 25.8 Å². The number of para-hydroxylation sites is 1. The molecule has 0 spiro atoms. The minimum Gasteiger partial charge on any atom is -0.494 e. The van der Waals surface area contributed by atoms with Gasteiger partial charge in [-0.05, 0) is 118 Å². The molecule has 5 aliphatic rings. The lowest BCUT2D eigenvalue weighted by molar-refractivity contribution is -0.129. The molecular weight excluding hydrogens is 735 g/mol. The van der Waals surface area contributed by atoms with E-state index in [1.165, 1.54) is 103 Å². The fourth-order valence-electron chi connectivity index (χ4n) is 11.5. The number of aryl methyl sites for hydroxylation is 1. The number of unbranched alkanes of at least 4 members (excludes halogenated alkanes) is 9. The zero-order chi connectivity index (χ0) is 40.6. The van der Waals surface area contributed by atoms with E-state index >= 15 is 0 Å². The Morgan fingerprint density at radius 2 is 1.44 bits per heavy atom. The van der Waals surface area contributed by atoms with Crippen LogP contribution in [0.2, 0.25) is 0 Å². The van der Waals surface area contributed by atoms with Gasteiger partial charge in [0.15, 0.2) is 5.65 Å². The Balaban J connectivity index is 0.684. The van der Waals surface area contributed by atoms with E-state index in [1.807, 2.05) is 43.3 Å². The maximum atomic E-state index is 13.1. The normalized spacial score (nSPS) is 22.5. The van der Waals surface area contributed by atoms with Crippen LogP contribution in [0.1, 0.15) is 115 Å². The molecule has 59 heavy (non-hydrogen) atoms. The predicted octanol–water partition coefficient (Wildman–Crippen LogP) is 9.59. The lowest BCUT2D eigenvalue weighted by atomic mass is 9.49. The number of hydrogen-bond acceptors (Lipinski definition) is 8. The molecule has 10 nitrogen and oxygen atoms in total. The van der Waals surface area contributed by atoms with E-state index in [2.05, 4.69) is 37.6 Å². The summed E-state index contributed by atoms with van der Waals surface area (Å²) in [4.78, 5) is 40.3. The number of pyridine rings is 1. The number of carbonyl (C=O) groups excluding carboxylic acids is 1. The molecule has 3 heterocycles. The van der Waals surface area contributed by atoms with Crippen molar-refractivity contribution in [2.75, 3.05) is 56.6 Å². The number of anilines is 3. The molecule has 2 aromatic heterocycles. The van der Waals surface area contributed by atoms with E-state index in [4.69, 9.17) is 9.72 Å². The van der Waals surface area contributed by atoms with Gasteiger partial charge in [0.1, 0.15) is 5.75 Å². The first-order chi connectivity index (χ1) is 28.8. The zero-order valence-electron chi connectivity index (χ0n) is 35.7. The summed E-state index contributed by atoms with van der Waals surface area (Å²) in [7, 11) is 1.69. The number of nitrogens with zero attached hydrogens (tertiary/aromatic N) is 5. The lowest BCUT2D eigenvalue weighted by Crippen LogP contribution is -2.48. The zero-order valence-corrected chi connectivity index (χ0v) is 35.7. The van der Waals surface area contributed by atoms with Crippen LogP contribution in [0.15, 0.2) is 65.6 Å². The van der Waals surface area contributed by atoms with Crippen molar-refractivity contribution in [1.29, 1.82) is 0 Å². The maximum absolute atomic E-state index is 13.1. The van der Waals surface area contributed by atoms with Gasteiger partial charge in [-0.3, -0.25) is 19.1 Å². The van der Waals surface area contributed by atoms with Crippen molar-refractivity contribution in [1.82, 2.24) is 24.8 Å². The summed E-state index contributed by atoms with van der Waals surface area (Å²) in [6.07, 6.45) is 23.9. The van der Waals surface area contributed by atoms with Crippen molar-refractivity contribution in [3.05, 3.63) is 76.7 Å². The first kappa shape index (κ1) is 41.3. The Kier molecular flexibility index (Phi) is 13.5. The van der Waals surface area contributed by atoms with Gasteiger partial charge in [0.25, 0.3) is 5.56 Å². The Morgan fingerprint density at radius 3 is 2.10 bits per heavy atom. The number of aromatic nitrogens is 3. The third-order valence-corrected chi connectivity index (χ3v) is 14.1. The summed E-state index contributed by atoms with van der Waals surface area (Å²) in [5.74, 6) is 4.22. The largest absolute Gasteiger partial charge is 0.494 e. The first-order valence-electron chi connectivity index (χ1n) is 23.0. The van der Waals surface area contributed by atoms with Gasteiger partial charge in [-0.2, -0.15) is 4.98 Å². The van der Waals surface area contributed by atoms with Crippen LogP contribution in [0.4, 0.5) is 17.3 Å². The Morgan fingerprint density at radius 1 is 0.797 bits per heavy atom. The second kappa shape index (κ2) is 19.3. The van der Waals surface area contributed by atoms with Gasteiger partial charge < -0.3 is 20.3 Å². The number of methoxy groups -OCH3 is 1. The van der Waals surface area contributed by atoms with Gasteiger partial charge in [-0.25, -0.2) is 4.98 Å². The second-order valence-corrected chi connectivity index (χ2v) is 18.6. The van der Waals surface area contributed by atoms with Gasteiger partial charge in [0, 0.05) is 68.5 Å². The molecule has 1 aliphatic heterocycles. The van der Waals surface area contributed by atoms with E-state index in [-0.39, 0.29) is 5.56 Å². The molecular formula is C49H67N7O3. The number of piperazine rings is 1. The van der Waals surface area contributed by atoms with E-state index in [9.17, 15) is 9.59 Å². The van der Waals surface area contributed by atoms with E-state index < -0.39 is 0 Å². The predicted molar refractivity (Wildman–Crippen MR) is 239 cm³/mol. The third-order valence-electron chi connectivity index (χ3n) is 14.1. The number of nitrogens with one attached hydrogen (secondary N) is 2. The summed E-state index contributed by atoms with van der Waals surface area (Å²) in [5, 5.41) is 7.46. The number of carbonyl (C=O) groups is 1. The molecule has 4 bridgehead atoms. The monoisotopic (exact) mass is 802 g/mol. The van der Waals surface area contributed by atoms with E-state index in [0.717, 1.165) is 97.1 Å². The number of amides is 1. The minimum absolute atomic E-state index is 0.128. The summed E-state index contributed by atoms with van der Waals surface area (Å²) in [5.41, 5.74) is 4.32. The Labute approximate surface area is 351 Å². The first-order valence-corrected chi connectivity index (χ1v) is 23.0. The van der Waals surface area contributed by atoms with E-state index in [1.54, 1.807) is 23.9 Å². The van der Waals surface area contributed by atoms with Gasteiger partial charge in [0.2, 0.25) is 11.9 Å². The molecule has 0 radical (unpaired) electrons. The molecule has 0 unspecified atom stereocenters. The Bertz CT molecular complexity index is 2040. The van der Waals surface area contributed by atoms with E-state index in [0.29, 0.717) is 22.9 Å².